The monoisotopic (exact) mass is 382 g/mol. The molecule has 0 spiro atoms. The van der Waals surface area contributed by atoms with Gasteiger partial charge in [0.1, 0.15) is 11.6 Å². The molecule has 0 unspecified atom stereocenters. The minimum atomic E-state index is -4.28. The Kier molecular flexibility index (Phi) is 5.29. The van der Waals surface area contributed by atoms with E-state index in [0.29, 0.717) is 17.9 Å². The third kappa shape index (κ3) is 4.17. The minimum absolute atomic E-state index is 0.0423. The van der Waals surface area contributed by atoms with Crippen LogP contribution in [0.4, 0.5) is 17.6 Å². The van der Waals surface area contributed by atoms with Crippen LogP contribution in [0.25, 0.3) is 16.9 Å². The lowest BCUT2D eigenvalue weighted by Crippen LogP contribution is -2.25. The van der Waals surface area contributed by atoms with Gasteiger partial charge in [-0.25, -0.2) is 14.4 Å². The number of imidazole rings is 1. The molecule has 0 aliphatic heterocycles. The van der Waals surface area contributed by atoms with E-state index in [-0.39, 0.29) is 24.2 Å². The highest BCUT2D eigenvalue weighted by Crippen LogP contribution is 2.23. The number of aromatic nitrogens is 4. The summed E-state index contributed by atoms with van der Waals surface area (Å²) in [6.45, 7) is 2.54. The summed E-state index contributed by atoms with van der Waals surface area (Å²) in [5.41, 5.74) is 0.334. The summed E-state index contributed by atoms with van der Waals surface area (Å²) in [6, 6.07) is 5.14. The lowest BCUT2D eigenvalue weighted by Gasteiger charge is -2.13. The predicted molar refractivity (Wildman–Crippen MR) is 92.4 cm³/mol. The van der Waals surface area contributed by atoms with E-state index in [0.717, 1.165) is 6.42 Å². The van der Waals surface area contributed by atoms with Gasteiger partial charge in [0, 0.05) is 19.4 Å². The van der Waals surface area contributed by atoms with Crippen molar-refractivity contribution in [1.82, 2.24) is 19.1 Å². The molecule has 0 aliphatic carbocycles. The predicted octanol–water partition coefficient (Wildman–Crippen LogP) is 4.02. The SMILES string of the molecule is CCCn1cnc2c(=O)n(-c3ccc(F)cc3)c(CCCC(F)(F)F)nc21. The van der Waals surface area contributed by atoms with Crippen LogP contribution in [0.1, 0.15) is 32.0 Å². The van der Waals surface area contributed by atoms with Crippen LogP contribution in [0.5, 0.6) is 0 Å². The fourth-order valence-electron chi connectivity index (χ4n) is 2.91. The van der Waals surface area contributed by atoms with Gasteiger partial charge in [0.2, 0.25) is 0 Å². The van der Waals surface area contributed by atoms with Crippen LogP contribution in [0.3, 0.4) is 0 Å². The summed E-state index contributed by atoms with van der Waals surface area (Å²) in [7, 11) is 0. The second-order valence-corrected chi connectivity index (χ2v) is 6.22. The smallest absolute Gasteiger partial charge is 0.315 e. The Hall–Kier alpha value is -2.71. The fourth-order valence-corrected chi connectivity index (χ4v) is 2.91. The number of halogens is 4. The van der Waals surface area contributed by atoms with E-state index in [2.05, 4.69) is 9.97 Å². The Morgan fingerprint density at radius 2 is 1.85 bits per heavy atom. The quantitative estimate of drug-likeness (QED) is 0.605. The standard InChI is InChI=1S/C18H18F4N4O/c1-2-10-25-11-23-15-16(25)24-14(4-3-9-18(20,21)22)26(17(15)27)13-7-5-12(19)6-8-13/h5-8,11H,2-4,9-10H2,1H3. The zero-order valence-electron chi connectivity index (χ0n) is 14.6. The Bertz CT molecular complexity index is 989. The van der Waals surface area contributed by atoms with E-state index in [1.54, 1.807) is 4.57 Å². The average molecular weight is 382 g/mol. The third-order valence-electron chi connectivity index (χ3n) is 4.12. The highest BCUT2D eigenvalue weighted by Gasteiger charge is 2.27. The second kappa shape index (κ2) is 7.50. The molecule has 3 aromatic rings. The zero-order valence-corrected chi connectivity index (χ0v) is 14.6. The van der Waals surface area contributed by atoms with Gasteiger partial charge in [-0.2, -0.15) is 13.2 Å². The first-order valence-electron chi connectivity index (χ1n) is 8.59. The van der Waals surface area contributed by atoms with Crippen molar-refractivity contribution >= 4 is 11.2 Å². The van der Waals surface area contributed by atoms with Gasteiger partial charge in [-0.05, 0) is 37.1 Å². The van der Waals surface area contributed by atoms with Gasteiger partial charge in [-0.15, -0.1) is 0 Å². The van der Waals surface area contributed by atoms with Crippen molar-refractivity contribution in [1.29, 1.82) is 0 Å². The molecule has 0 aliphatic rings. The molecule has 9 heteroatoms. The molecular formula is C18H18F4N4O. The molecular weight excluding hydrogens is 364 g/mol. The van der Waals surface area contributed by atoms with Gasteiger partial charge in [-0.3, -0.25) is 9.36 Å². The normalized spacial score (nSPS) is 12.0. The number of benzene rings is 1. The van der Waals surface area contributed by atoms with Crippen molar-refractivity contribution in [3.63, 3.8) is 0 Å². The molecule has 3 rings (SSSR count). The number of rotatable bonds is 6. The van der Waals surface area contributed by atoms with Crippen LogP contribution in [0, 0.1) is 5.82 Å². The Balaban J connectivity index is 2.12. The molecule has 0 saturated heterocycles. The van der Waals surface area contributed by atoms with Crippen molar-refractivity contribution in [2.45, 2.75) is 45.3 Å². The number of nitrogens with zero attached hydrogens (tertiary/aromatic N) is 4. The molecule has 2 heterocycles. The van der Waals surface area contributed by atoms with Gasteiger partial charge in [0.15, 0.2) is 11.2 Å². The summed E-state index contributed by atoms with van der Waals surface area (Å²) >= 11 is 0. The van der Waals surface area contributed by atoms with Gasteiger partial charge >= 0.3 is 6.18 Å². The molecule has 0 fully saturated rings. The lowest BCUT2D eigenvalue weighted by molar-refractivity contribution is -0.135. The van der Waals surface area contributed by atoms with E-state index in [9.17, 15) is 22.4 Å². The van der Waals surface area contributed by atoms with Crippen LogP contribution < -0.4 is 5.56 Å². The molecule has 0 bridgehead atoms. The highest BCUT2D eigenvalue weighted by molar-refractivity contribution is 5.70. The van der Waals surface area contributed by atoms with E-state index >= 15 is 0 Å². The number of aryl methyl sites for hydroxylation is 2. The van der Waals surface area contributed by atoms with Crippen LogP contribution in [0.2, 0.25) is 0 Å². The molecule has 1 aromatic carbocycles. The third-order valence-corrected chi connectivity index (χ3v) is 4.12. The van der Waals surface area contributed by atoms with Gasteiger partial charge in [0.25, 0.3) is 5.56 Å². The molecule has 5 nitrogen and oxygen atoms in total. The first kappa shape index (κ1) is 19.1. The Morgan fingerprint density at radius 3 is 2.48 bits per heavy atom. The molecule has 0 atom stereocenters. The van der Waals surface area contributed by atoms with Crippen LogP contribution >= 0.6 is 0 Å². The van der Waals surface area contributed by atoms with Crippen molar-refractivity contribution in [3.05, 3.63) is 52.6 Å². The second-order valence-electron chi connectivity index (χ2n) is 6.22. The van der Waals surface area contributed by atoms with Crippen LogP contribution in [-0.2, 0) is 13.0 Å². The summed E-state index contributed by atoms with van der Waals surface area (Å²) < 4.78 is 53.7. The number of hydrogen-bond acceptors (Lipinski definition) is 3. The summed E-state index contributed by atoms with van der Waals surface area (Å²) in [5.74, 6) is -0.284. The molecule has 0 saturated carbocycles. The van der Waals surface area contributed by atoms with E-state index < -0.39 is 24.0 Å². The Labute approximate surface area is 152 Å². The average Bonchev–Trinajstić information content (AvgIpc) is 2.99. The highest BCUT2D eigenvalue weighted by atomic mass is 19.4. The Morgan fingerprint density at radius 1 is 1.15 bits per heavy atom. The summed E-state index contributed by atoms with van der Waals surface area (Å²) in [4.78, 5) is 21.5. The van der Waals surface area contributed by atoms with E-state index in [4.69, 9.17) is 0 Å². The first-order valence-corrected chi connectivity index (χ1v) is 8.59. The van der Waals surface area contributed by atoms with Crippen molar-refractivity contribution in [3.8, 4) is 5.69 Å². The molecule has 0 N–H and O–H groups in total. The van der Waals surface area contributed by atoms with E-state index in [1.807, 2.05) is 6.92 Å². The zero-order chi connectivity index (χ0) is 19.6. The fraction of sp³-hybridized carbons (Fsp3) is 0.389. The number of hydrogen-bond donors (Lipinski definition) is 0. The maximum atomic E-state index is 13.2. The molecule has 0 amide bonds. The molecule has 27 heavy (non-hydrogen) atoms. The van der Waals surface area contributed by atoms with Crippen molar-refractivity contribution in [2.24, 2.45) is 0 Å². The molecule has 0 radical (unpaired) electrons. The largest absolute Gasteiger partial charge is 0.389 e. The first-order chi connectivity index (χ1) is 12.8. The molecule has 144 valence electrons. The molecule has 2 aromatic heterocycles. The van der Waals surface area contributed by atoms with Gasteiger partial charge < -0.3 is 4.57 Å². The van der Waals surface area contributed by atoms with Gasteiger partial charge in [-0.1, -0.05) is 6.92 Å². The van der Waals surface area contributed by atoms with Crippen molar-refractivity contribution < 1.29 is 17.6 Å². The van der Waals surface area contributed by atoms with Crippen LogP contribution in [-0.4, -0.2) is 25.3 Å². The van der Waals surface area contributed by atoms with Crippen molar-refractivity contribution in [2.75, 3.05) is 0 Å². The maximum absolute atomic E-state index is 13.2. The topological polar surface area (TPSA) is 52.7 Å². The summed E-state index contributed by atoms with van der Waals surface area (Å²) in [6.07, 6.45) is -3.22. The van der Waals surface area contributed by atoms with Gasteiger partial charge in [0.05, 0.1) is 12.0 Å². The number of alkyl halides is 3. The lowest BCUT2D eigenvalue weighted by atomic mass is 10.2. The van der Waals surface area contributed by atoms with E-state index in [1.165, 1.54) is 35.2 Å². The summed E-state index contributed by atoms with van der Waals surface area (Å²) in [5, 5.41) is 0. The maximum Gasteiger partial charge on any atom is 0.389 e. The van der Waals surface area contributed by atoms with Crippen LogP contribution in [0.15, 0.2) is 35.4 Å². The minimum Gasteiger partial charge on any atom is -0.315 e. The number of fused-ring (bicyclic) bond motifs is 1.